The quantitative estimate of drug-likeness (QED) is 0.757. The molecule has 0 fully saturated rings. The van der Waals surface area contributed by atoms with Crippen LogP contribution in [0.3, 0.4) is 0 Å². The first-order chi connectivity index (χ1) is 10.3. The van der Waals surface area contributed by atoms with E-state index in [-0.39, 0.29) is 0 Å². The zero-order valence-corrected chi connectivity index (χ0v) is 15.1. The van der Waals surface area contributed by atoms with E-state index in [0.29, 0.717) is 31.7 Å². The van der Waals surface area contributed by atoms with Crippen LogP contribution in [-0.4, -0.2) is 41.9 Å². The summed E-state index contributed by atoms with van der Waals surface area (Å²) in [6.45, 7) is 15.5. The molecule has 22 heavy (non-hydrogen) atoms. The minimum atomic E-state index is -0.439. The Hall–Kier alpha value is -0.900. The van der Waals surface area contributed by atoms with E-state index < -0.39 is 6.10 Å². The summed E-state index contributed by atoms with van der Waals surface area (Å²) in [6, 6.07) is 6.95. The van der Waals surface area contributed by atoms with Crippen LogP contribution in [0.4, 0.5) is 0 Å². The van der Waals surface area contributed by atoms with Gasteiger partial charge in [0.15, 0.2) is 0 Å². The number of aliphatic hydroxyl groups is 1. The van der Waals surface area contributed by atoms with Crippen molar-refractivity contribution in [2.45, 2.75) is 60.2 Å². The predicted molar refractivity (Wildman–Crippen MR) is 93.1 cm³/mol. The fraction of sp³-hybridized carbons (Fsp3) is 0.684. The molecule has 0 aromatic heterocycles. The van der Waals surface area contributed by atoms with Gasteiger partial charge in [-0.1, -0.05) is 37.6 Å². The molecule has 0 aliphatic heterocycles. The van der Waals surface area contributed by atoms with E-state index >= 15 is 0 Å². The molecular formula is C19H33NO2. The van der Waals surface area contributed by atoms with Crippen molar-refractivity contribution >= 4 is 0 Å². The Morgan fingerprint density at radius 2 is 1.77 bits per heavy atom. The van der Waals surface area contributed by atoms with Gasteiger partial charge >= 0.3 is 0 Å². The fourth-order valence-electron chi connectivity index (χ4n) is 2.41. The van der Waals surface area contributed by atoms with Crippen LogP contribution in [0.1, 0.15) is 44.4 Å². The van der Waals surface area contributed by atoms with Gasteiger partial charge in [-0.15, -0.1) is 0 Å². The van der Waals surface area contributed by atoms with Crippen LogP contribution in [0.15, 0.2) is 18.2 Å². The second kappa shape index (κ2) is 9.29. The average Bonchev–Trinajstić information content (AvgIpc) is 2.41. The molecule has 0 heterocycles. The number of ether oxygens (including phenoxy) is 1. The number of aliphatic hydroxyl groups excluding tert-OH is 1. The predicted octanol–water partition coefficient (Wildman–Crippen LogP) is 3.55. The third kappa shape index (κ3) is 6.91. The molecular weight excluding hydrogens is 274 g/mol. The lowest BCUT2D eigenvalue weighted by Gasteiger charge is -2.29. The number of benzene rings is 1. The molecule has 0 bridgehead atoms. The summed E-state index contributed by atoms with van der Waals surface area (Å²) in [5.41, 5.74) is 3.93. The Balaban J connectivity index is 2.60. The third-order valence-corrected chi connectivity index (χ3v) is 3.82. The van der Waals surface area contributed by atoms with Gasteiger partial charge in [0.1, 0.15) is 0 Å². The summed E-state index contributed by atoms with van der Waals surface area (Å²) in [7, 11) is 0. The van der Waals surface area contributed by atoms with E-state index in [9.17, 15) is 5.11 Å². The second-order valence-electron chi connectivity index (χ2n) is 7.04. The van der Waals surface area contributed by atoms with Crippen molar-refractivity contribution in [2.24, 2.45) is 5.92 Å². The van der Waals surface area contributed by atoms with Gasteiger partial charge in [-0.25, -0.2) is 0 Å². The highest BCUT2D eigenvalue weighted by Crippen LogP contribution is 2.15. The topological polar surface area (TPSA) is 32.7 Å². The van der Waals surface area contributed by atoms with E-state index in [1.807, 2.05) is 0 Å². The summed E-state index contributed by atoms with van der Waals surface area (Å²) in [5.74, 6) is 0.503. The molecule has 1 rings (SSSR count). The molecule has 0 aliphatic rings. The van der Waals surface area contributed by atoms with E-state index in [4.69, 9.17) is 4.74 Å². The van der Waals surface area contributed by atoms with E-state index in [0.717, 1.165) is 6.54 Å². The standard InChI is InChI=1S/C19H33NO2/c1-14(2)12-22-13-19(21)11-20(15(3)4)10-18-9-16(5)7-8-17(18)6/h7-9,14-15,19,21H,10-13H2,1-6H3. The summed E-state index contributed by atoms with van der Waals surface area (Å²) in [6.07, 6.45) is -0.439. The first-order valence-corrected chi connectivity index (χ1v) is 8.35. The molecule has 1 atom stereocenters. The van der Waals surface area contributed by atoms with Crippen LogP contribution in [0.2, 0.25) is 0 Å². The highest BCUT2D eigenvalue weighted by molar-refractivity contribution is 5.30. The van der Waals surface area contributed by atoms with Crippen molar-refractivity contribution in [2.75, 3.05) is 19.8 Å². The van der Waals surface area contributed by atoms with Crippen molar-refractivity contribution < 1.29 is 9.84 Å². The highest BCUT2D eigenvalue weighted by Gasteiger charge is 2.16. The molecule has 1 unspecified atom stereocenters. The zero-order valence-electron chi connectivity index (χ0n) is 15.1. The molecule has 3 heteroatoms. The van der Waals surface area contributed by atoms with Crippen molar-refractivity contribution in [3.05, 3.63) is 34.9 Å². The highest BCUT2D eigenvalue weighted by atomic mass is 16.5. The van der Waals surface area contributed by atoms with Gasteiger partial charge < -0.3 is 9.84 Å². The van der Waals surface area contributed by atoms with Gasteiger partial charge in [0.05, 0.1) is 12.7 Å². The van der Waals surface area contributed by atoms with Gasteiger partial charge in [0, 0.05) is 25.7 Å². The maximum atomic E-state index is 10.2. The van der Waals surface area contributed by atoms with Gasteiger partial charge in [0.2, 0.25) is 0 Å². The Morgan fingerprint density at radius 3 is 2.36 bits per heavy atom. The van der Waals surface area contributed by atoms with Gasteiger partial charge in [-0.05, 0) is 44.7 Å². The van der Waals surface area contributed by atoms with Crippen LogP contribution in [0.25, 0.3) is 0 Å². The number of aryl methyl sites for hydroxylation is 2. The van der Waals surface area contributed by atoms with E-state index in [1.54, 1.807) is 0 Å². The normalized spacial score (nSPS) is 13.4. The Morgan fingerprint density at radius 1 is 1.09 bits per heavy atom. The molecule has 0 saturated heterocycles. The molecule has 1 N–H and O–H groups in total. The molecule has 1 aromatic rings. The monoisotopic (exact) mass is 307 g/mol. The lowest BCUT2D eigenvalue weighted by molar-refractivity contribution is 0.00170. The minimum absolute atomic E-state index is 0.389. The Kier molecular flexibility index (Phi) is 8.08. The first-order valence-electron chi connectivity index (χ1n) is 8.35. The molecule has 1 aromatic carbocycles. The van der Waals surface area contributed by atoms with Crippen molar-refractivity contribution in [3.8, 4) is 0 Å². The van der Waals surface area contributed by atoms with Crippen LogP contribution in [0.5, 0.6) is 0 Å². The molecule has 126 valence electrons. The Bertz CT molecular complexity index is 443. The van der Waals surface area contributed by atoms with Gasteiger partial charge in [-0.2, -0.15) is 0 Å². The molecule has 3 nitrogen and oxygen atoms in total. The molecule has 0 aliphatic carbocycles. The van der Waals surface area contributed by atoms with Crippen molar-refractivity contribution in [1.29, 1.82) is 0 Å². The van der Waals surface area contributed by atoms with Crippen LogP contribution < -0.4 is 0 Å². The lowest BCUT2D eigenvalue weighted by Crippen LogP contribution is -2.39. The summed E-state index contributed by atoms with van der Waals surface area (Å²) in [5, 5.41) is 10.2. The minimum Gasteiger partial charge on any atom is -0.389 e. The number of hydrogen-bond donors (Lipinski definition) is 1. The van der Waals surface area contributed by atoms with Crippen molar-refractivity contribution in [3.63, 3.8) is 0 Å². The molecule has 0 radical (unpaired) electrons. The fourth-order valence-corrected chi connectivity index (χ4v) is 2.41. The second-order valence-corrected chi connectivity index (χ2v) is 7.04. The SMILES string of the molecule is Cc1ccc(C)c(CN(CC(O)COCC(C)C)C(C)C)c1. The zero-order chi connectivity index (χ0) is 16.7. The van der Waals surface area contributed by atoms with Crippen molar-refractivity contribution in [1.82, 2.24) is 4.90 Å². The Labute approximate surface area is 136 Å². The van der Waals surface area contributed by atoms with Crippen LogP contribution >= 0.6 is 0 Å². The number of nitrogens with zero attached hydrogens (tertiary/aromatic N) is 1. The molecule has 0 spiro atoms. The summed E-state index contributed by atoms with van der Waals surface area (Å²) >= 11 is 0. The van der Waals surface area contributed by atoms with Gasteiger partial charge in [-0.3, -0.25) is 4.90 Å². The largest absolute Gasteiger partial charge is 0.389 e. The summed E-state index contributed by atoms with van der Waals surface area (Å²) in [4.78, 5) is 2.31. The third-order valence-electron chi connectivity index (χ3n) is 3.82. The maximum Gasteiger partial charge on any atom is 0.0900 e. The maximum absolute atomic E-state index is 10.2. The first kappa shape index (κ1) is 19.1. The van der Waals surface area contributed by atoms with Crippen LogP contribution in [-0.2, 0) is 11.3 Å². The lowest BCUT2D eigenvalue weighted by atomic mass is 10.0. The molecule has 0 saturated carbocycles. The van der Waals surface area contributed by atoms with Crippen LogP contribution in [0, 0.1) is 19.8 Å². The summed E-state index contributed by atoms with van der Waals surface area (Å²) < 4.78 is 5.55. The number of rotatable bonds is 9. The van der Waals surface area contributed by atoms with E-state index in [1.165, 1.54) is 16.7 Å². The molecule has 0 amide bonds. The van der Waals surface area contributed by atoms with Gasteiger partial charge in [0.25, 0.3) is 0 Å². The van der Waals surface area contributed by atoms with E-state index in [2.05, 4.69) is 64.6 Å². The smallest absolute Gasteiger partial charge is 0.0900 e. The number of hydrogen-bond acceptors (Lipinski definition) is 3. The average molecular weight is 307 g/mol.